The number of esters is 1. The zero-order valence-electron chi connectivity index (χ0n) is 15.5. The number of rotatable bonds is 17. The molecule has 0 fully saturated rings. The van der Waals surface area contributed by atoms with Crippen LogP contribution in [0.15, 0.2) is 12.2 Å². The summed E-state index contributed by atoms with van der Waals surface area (Å²) in [5, 5.41) is 17.5. The molecule has 0 saturated heterocycles. The second-order valence-corrected chi connectivity index (χ2v) is 6.68. The van der Waals surface area contributed by atoms with Crippen LogP contribution in [0.1, 0.15) is 84.0 Å². The van der Waals surface area contributed by atoms with Gasteiger partial charge in [-0.25, -0.2) is 0 Å². The lowest BCUT2D eigenvalue weighted by molar-refractivity contribution is -0.145. The lowest BCUT2D eigenvalue weighted by atomic mass is 10.1. The molecule has 4 nitrogen and oxygen atoms in total. The van der Waals surface area contributed by atoms with Gasteiger partial charge in [-0.15, -0.1) is 0 Å². The SMILES string of the molecule is CC(CO)COC(=O)CCCCCCC/C=C/CCCCCCO. The van der Waals surface area contributed by atoms with Crippen molar-refractivity contribution in [1.82, 2.24) is 0 Å². The average Bonchev–Trinajstić information content (AvgIpc) is 2.59. The molecule has 0 heterocycles. The first-order chi connectivity index (χ1) is 11.7. The summed E-state index contributed by atoms with van der Waals surface area (Å²) in [6.45, 7) is 2.56. The number of carbonyl (C=O) groups is 1. The molecule has 0 aliphatic heterocycles. The second-order valence-electron chi connectivity index (χ2n) is 6.68. The van der Waals surface area contributed by atoms with Crippen LogP contribution in [-0.2, 0) is 9.53 Å². The molecule has 0 aromatic carbocycles. The quantitative estimate of drug-likeness (QED) is 0.234. The second kappa shape index (κ2) is 18.5. The minimum Gasteiger partial charge on any atom is -0.465 e. The van der Waals surface area contributed by atoms with E-state index in [0.29, 0.717) is 19.6 Å². The molecule has 0 amide bonds. The molecule has 0 aliphatic rings. The van der Waals surface area contributed by atoms with Gasteiger partial charge in [-0.1, -0.05) is 51.2 Å². The first-order valence-corrected chi connectivity index (χ1v) is 9.73. The Morgan fingerprint density at radius 2 is 1.42 bits per heavy atom. The van der Waals surface area contributed by atoms with Gasteiger partial charge < -0.3 is 14.9 Å². The topological polar surface area (TPSA) is 66.8 Å². The van der Waals surface area contributed by atoms with Crippen LogP contribution in [0.4, 0.5) is 0 Å². The highest BCUT2D eigenvalue weighted by molar-refractivity contribution is 5.69. The van der Waals surface area contributed by atoms with Crippen molar-refractivity contribution in [3.05, 3.63) is 12.2 Å². The number of unbranched alkanes of at least 4 members (excludes halogenated alkanes) is 9. The van der Waals surface area contributed by atoms with E-state index in [1.54, 1.807) is 0 Å². The monoisotopic (exact) mass is 342 g/mol. The van der Waals surface area contributed by atoms with Crippen LogP contribution in [0.3, 0.4) is 0 Å². The first-order valence-electron chi connectivity index (χ1n) is 9.73. The highest BCUT2D eigenvalue weighted by Crippen LogP contribution is 2.09. The molecule has 4 heteroatoms. The van der Waals surface area contributed by atoms with Crippen molar-refractivity contribution >= 4 is 5.97 Å². The molecule has 0 aromatic rings. The normalized spacial score (nSPS) is 12.6. The molecule has 2 N–H and O–H groups in total. The Morgan fingerprint density at radius 1 is 0.875 bits per heavy atom. The molecule has 142 valence electrons. The van der Waals surface area contributed by atoms with Crippen LogP contribution in [0.2, 0.25) is 0 Å². The van der Waals surface area contributed by atoms with Crippen LogP contribution in [0.25, 0.3) is 0 Å². The molecule has 0 rings (SSSR count). The largest absolute Gasteiger partial charge is 0.465 e. The molecule has 0 bridgehead atoms. The number of aliphatic hydroxyl groups is 2. The smallest absolute Gasteiger partial charge is 0.305 e. The van der Waals surface area contributed by atoms with E-state index in [-0.39, 0.29) is 18.5 Å². The van der Waals surface area contributed by atoms with Gasteiger partial charge in [0, 0.05) is 25.6 Å². The number of hydrogen-bond acceptors (Lipinski definition) is 4. The average molecular weight is 343 g/mol. The summed E-state index contributed by atoms with van der Waals surface area (Å²) in [7, 11) is 0. The molecule has 0 radical (unpaired) electrons. The van der Waals surface area contributed by atoms with Crippen molar-refractivity contribution in [3.63, 3.8) is 0 Å². The Labute approximate surface area is 148 Å². The van der Waals surface area contributed by atoms with E-state index >= 15 is 0 Å². The highest BCUT2D eigenvalue weighted by Gasteiger charge is 2.06. The van der Waals surface area contributed by atoms with Gasteiger partial charge in [0.1, 0.15) is 0 Å². The number of aliphatic hydroxyl groups excluding tert-OH is 2. The third-order valence-corrected chi connectivity index (χ3v) is 4.04. The summed E-state index contributed by atoms with van der Waals surface area (Å²) in [6.07, 6.45) is 17.5. The Hall–Kier alpha value is -0.870. The third-order valence-electron chi connectivity index (χ3n) is 4.04. The fraction of sp³-hybridized carbons (Fsp3) is 0.850. The minimum atomic E-state index is -0.141. The number of carbonyl (C=O) groups excluding carboxylic acids is 1. The van der Waals surface area contributed by atoms with E-state index in [2.05, 4.69) is 12.2 Å². The highest BCUT2D eigenvalue weighted by atomic mass is 16.5. The first kappa shape index (κ1) is 23.1. The van der Waals surface area contributed by atoms with Gasteiger partial charge in [-0.3, -0.25) is 4.79 Å². The van der Waals surface area contributed by atoms with Crippen molar-refractivity contribution in [3.8, 4) is 0 Å². The van der Waals surface area contributed by atoms with E-state index < -0.39 is 0 Å². The zero-order valence-corrected chi connectivity index (χ0v) is 15.5. The lowest BCUT2D eigenvalue weighted by Gasteiger charge is -2.08. The van der Waals surface area contributed by atoms with Crippen molar-refractivity contribution in [2.24, 2.45) is 5.92 Å². The van der Waals surface area contributed by atoms with Gasteiger partial charge >= 0.3 is 5.97 Å². The van der Waals surface area contributed by atoms with Gasteiger partial charge in [0.2, 0.25) is 0 Å². The van der Waals surface area contributed by atoms with E-state index in [0.717, 1.165) is 38.5 Å². The minimum absolute atomic E-state index is 0.0301. The van der Waals surface area contributed by atoms with Crippen LogP contribution in [0.5, 0.6) is 0 Å². The fourth-order valence-electron chi connectivity index (χ4n) is 2.39. The van der Waals surface area contributed by atoms with Crippen molar-refractivity contribution in [1.29, 1.82) is 0 Å². The Morgan fingerprint density at radius 3 is 2.00 bits per heavy atom. The van der Waals surface area contributed by atoms with Gasteiger partial charge in [0.25, 0.3) is 0 Å². The molecule has 1 atom stereocenters. The summed E-state index contributed by atoms with van der Waals surface area (Å²) < 4.78 is 5.09. The van der Waals surface area contributed by atoms with E-state index in [4.69, 9.17) is 14.9 Å². The van der Waals surface area contributed by atoms with E-state index in [1.807, 2.05) is 6.92 Å². The van der Waals surface area contributed by atoms with Gasteiger partial charge in [-0.2, -0.15) is 0 Å². The van der Waals surface area contributed by atoms with Crippen LogP contribution >= 0.6 is 0 Å². The van der Waals surface area contributed by atoms with Gasteiger partial charge in [0.05, 0.1) is 6.61 Å². The van der Waals surface area contributed by atoms with Crippen LogP contribution < -0.4 is 0 Å². The number of hydrogen-bond donors (Lipinski definition) is 2. The molecule has 1 unspecified atom stereocenters. The molecular weight excluding hydrogens is 304 g/mol. The van der Waals surface area contributed by atoms with Gasteiger partial charge in [-0.05, 0) is 38.5 Å². The maximum atomic E-state index is 11.5. The Kier molecular flexibility index (Phi) is 17.8. The fourth-order valence-corrected chi connectivity index (χ4v) is 2.39. The summed E-state index contributed by atoms with van der Waals surface area (Å²) >= 11 is 0. The Balaban J connectivity index is 3.23. The molecule has 0 aliphatic carbocycles. The predicted molar refractivity (Wildman–Crippen MR) is 98.8 cm³/mol. The lowest BCUT2D eigenvalue weighted by Crippen LogP contribution is -2.14. The molecule has 0 saturated carbocycles. The maximum Gasteiger partial charge on any atom is 0.305 e. The van der Waals surface area contributed by atoms with Crippen molar-refractivity contribution in [2.45, 2.75) is 84.0 Å². The summed E-state index contributed by atoms with van der Waals surface area (Å²) in [5.41, 5.74) is 0. The van der Waals surface area contributed by atoms with E-state index in [1.165, 1.54) is 32.1 Å². The number of ether oxygens (including phenoxy) is 1. The molecule has 0 spiro atoms. The van der Waals surface area contributed by atoms with Gasteiger partial charge in [0.15, 0.2) is 0 Å². The zero-order chi connectivity index (χ0) is 17.9. The van der Waals surface area contributed by atoms with Crippen LogP contribution in [-0.4, -0.2) is 36.0 Å². The number of allylic oxidation sites excluding steroid dienone is 2. The van der Waals surface area contributed by atoms with E-state index in [9.17, 15) is 4.79 Å². The molecule has 24 heavy (non-hydrogen) atoms. The van der Waals surface area contributed by atoms with Crippen molar-refractivity contribution < 1.29 is 19.7 Å². The molecular formula is C20H38O4. The van der Waals surface area contributed by atoms with Crippen LogP contribution in [0, 0.1) is 5.92 Å². The summed E-state index contributed by atoms with van der Waals surface area (Å²) in [6, 6.07) is 0. The summed E-state index contributed by atoms with van der Waals surface area (Å²) in [5.74, 6) is -0.111. The molecule has 0 aromatic heterocycles. The third kappa shape index (κ3) is 17.5. The standard InChI is InChI=1S/C20H38O4/c1-19(17-22)18-24-20(23)15-13-11-9-7-5-3-2-4-6-8-10-12-14-16-21/h2,4,19,21-22H,3,5-18H2,1H3/b4-2+. The predicted octanol–water partition coefficient (Wildman–Crippen LogP) is 4.39. The summed E-state index contributed by atoms with van der Waals surface area (Å²) in [4.78, 5) is 11.5. The van der Waals surface area contributed by atoms with Crippen molar-refractivity contribution in [2.75, 3.05) is 19.8 Å². The Bertz CT molecular complexity index is 302. The maximum absolute atomic E-state index is 11.5.